The fourth-order valence-corrected chi connectivity index (χ4v) is 1.75. The third-order valence-electron chi connectivity index (χ3n) is 2.23. The predicted molar refractivity (Wildman–Crippen MR) is 66.1 cm³/mol. The summed E-state index contributed by atoms with van der Waals surface area (Å²) in [6.07, 6.45) is 1.81. The summed E-state index contributed by atoms with van der Waals surface area (Å²) in [6.45, 7) is 9.28. The van der Waals surface area contributed by atoms with Crippen LogP contribution in [0.5, 0.6) is 0 Å². The van der Waals surface area contributed by atoms with Crippen LogP contribution >= 0.6 is 0 Å². The fourth-order valence-electron chi connectivity index (χ4n) is 1.75. The molecule has 1 rings (SSSR count). The molecule has 1 N–H and O–H groups in total. The van der Waals surface area contributed by atoms with E-state index < -0.39 is 0 Å². The summed E-state index contributed by atoms with van der Waals surface area (Å²) in [6, 6.07) is 5.94. The molecule has 0 saturated heterocycles. The van der Waals surface area contributed by atoms with Gasteiger partial charge in [-0.1, -0.05) is 26.8 Å². The van der Waals surface area contributed by atoms with Crippen LogP contribution in [0.4, 0.5) is 0 Å². The monoisotopic (exact) mass is 222 g/mol. The van der Waals surface area contributed by atoms with Crippen molar-refractivity contribution in [1.82, 2.24) is 9.88 Å². The summed E-state index contributed by atoms with van der Waals surface area (Å²) in [5, 5.41) is 9.05. The zero-order chi connectivity index (χ0) is 12.0. The number of hydrogen-bond donors (Lipinski definition) is 1. The van der Waals surface area contributed by atoms with Crippen molar-refractivity contribution in [3.05, 3.63) is 30.1 Å². The van der Waals surface area contributed by atoms with Crippen LogP contribution in [-0.2, 0) is 6.54 Å². The zero-order valence-electron chi connectivity index (χ0n) is 10.5. The van der Waals surface area contributed by atoms with E-state index in [4.69, 9.17) is 5.11 Å². The Bertz CT molecular complexity index is 293. The molecule has 0 fully saturated rings. The number of aromatic nitrogens is 1. The Morgan fingerprint density at radius 3 is 2.56 bits per heavy atom. The molecule has 0 saturated carbocycles. The Hall–Kier alpha value is -0.930. The third kappa shape index (κ3) is 5.24. The first kappa shape index (κ1) is 13.1. The van der Waals surface area contributed by atoms with E-state index in [2.05, 4.69) is 30.7 Å². The third-order valence-corrected chi connectivity index (χ3v) is 2.23. The number of hydrogen-bond acceptors (Lipinski definition) is 3. The number of nitrogens with zero attached hydrogens (tertiary/aromatic N) is 2. The van der Waals surface area contributed by atoms with Gasteiger partial charge >= 0.3 is 0 Å². The largest absolute Gasteiger partial charge is 0.395 e. The highest BCUT2D eigenvalue weighted by atomic mass is 16.3. The van der Waals surface area contributed by atoms with Gasteiger partial charge in [0.2, 0.25) is 0 Å². The van der Waals surface area contributed by atoms with E-state index in [9.17, 15) is 0 Å². The molecule has 0 bridgehead atoms. The summed E-state index contributed by atoms with van der Waals surface area (Å²) in [5.74, 6) is 0. The van der Waals surface area contributed by atoms with Crippen molar-refractivity contribution in [3.8, 4) is 0 Å². The summed E-state index contributed by atoms with van der Waals surface area (Å²) >= 11 is 0. The van der Waals surface area contributed by atoms with Gasteiger partial charge in [-0.3, -0.25) is 9.88 Å². The molecule has 0 aromatic carbocycles. The topological polar surface area (TPSA) is 36.4 Å². The molecule has 0 spiro atoms. The van der Waals surface area contributed by atoms with Gasteiger partial charge in [0.25, 0.3) is 0 Å². The zero-order valence-corrected chi connectivity index (χ0v) is 10.5. The molecule has 0 aliphatic carbocycles. The van der Waals surface area contributed by atoms with E-state index in [0.29, 0.717) is 6.54 Å². The van der Waals surface area contributed by atoms with Gasteiger partial charge in [0.05, 0.1) is 12.3 Å². The lowest BCUT2D eigenvalue weighted by Crippen LogP contribution is -2.34. The van der Waals surface area contributed by atoms with Gasteiger partial charge in [0.1, 0.15) is 0 Å². The number of aliphatic hydroxyl groups excluding tert-OH is 1. The smallest absolute Gasteiger partial charge is 0.0558 e. The van der Waals surface area contributed by atoms with Crippen molar-refractivity contribution in [2.45, 2.75) is 27.3 Å². The molecule has 1 aromatic heterocycles. The van der Waals surface area contributed by atoms with Gasteiger partial charge in [-0.2, -0.15) is 0 Å². The predicted octanol–water partition coefficient (Wildman–Crippen LogP) is 1.92. The summed E-state index contributed by atoms with van der Waals surface area (Å²) in [4.78, 5) is 6.55. The van der Waals surface area contributed by atoms with E-state index in [0.717, 1.165) is 18.8 Å². The SMILES string of the molecule is CC(C)(C)CN(CCO)Cc1ccccn1. The van der Waals surface area contributed by atoms with E-state index in [1.807, 2.05) is 24.4 Å². The Morgan fingerprint density at radius 1 is 1.31 bits per heavy atom. The number of pyridine rings is 1. The molecule has 1 aromatic rings. The van der Waals surface area contributed by atoms with Crippen molar-refractivity contribution in [2.75, 3.05) is 19.7 Å². The summed E-state index contributed by atoms with van der Waals surface area (Å²) in [7, 11) is 0. The first-order chi connectivity index (χ1) is 7.51. The van der Waals surface area contributed by atoms with Crippen molar-refractivity contribution < 1.29 is 5.11 Å². The lowest BCUT2D eigenvalue weighted by Gasteiger charge is -2.29. The van der Waals surface area contributed by atoms with E-state index in [-0.39, 0.29) is 12.0 Å². The van der Waals surface area contributed by atoms with Gasteiger partial charge in [0, 0.05) is 25.8 Å². The molecule has 0 aliphatic heterocycles. The second-order valence-corrected chi connectivity index (χ2v) is 5.32. The highest BCUT2D eigenvalue weighted by Crippen LogP contribution is 2.16. The number of rotatable bonds is 5. The van der Waals surface area contributed by atoms with Gasteiger partial charge in [-0.05, 0) is 17.5 Å². The fraction of sp³-hybridized carbons (Fsp3) is 0.615. The molecular weight excluding hydrogens is 200 g/mol. The van der Waals surface area contributed by atoms with E-state index >= 15 is 0 Å². The lowest BCUT2D eigenvalue weighted by atomic mass is 9.96. The molecule has 0 atom stereocenters. The summed E-state index contributed by atoms with van der Waals surface area (Å²) in [5.41, 5.74) is 1.30. The Labute approximate surface area is 98.1 Å². The van der Waals surface area contributed by atoms with Gasteiger partial charge in [-0.15, -0.1) is 0 Å². The van der Waals surface area contributed by atoms with Crippen LogP contribution < -0.4 is 0 Å². The van der Waals surface area contributed by atoms with Crippen LogP contribution in [0.25, 0.3) is 0 Å². The molecule has 0 radical (unpaired) electrons. The van der Waals surface area contributed by atoms with Crippen LogP contribution in [0.15, 0.2) is 24.4 Å². The van der Waals surface area contributed by atoms with Gasteiger partial charge < -0.3 is 5.11 Å². The second-order valence-electron chi connectivity index (χ2n) is 5.32. The Kier molecular flexibility index (Phi) is 4.90. The Morgan fingerprint density at radius 2 is 2.06 bits per heavy atom. The van der Waals surface area contributed by atoms with E-state index in [1.54, 1.807) is 0 Å². The van der Waals surface area contributed by atoms with Crippen LogP contribution in [0.1, 0.15) is 26.5 Å². The minimum atomic E-state index is 0.197. The van der Waals surface area contributed by atoms with Crippen LogP contribution in [0.2, 0.25) is 0 Å². The standard InChI is InChI=1S/C13H22N2O/c1-13(2,3)11-15(8-9-16)10-12-6-4-5-7-14-12/h4-7,16H,8-11H2,1-3H3. The molecule has 16 heavy (non-hydrogen) atoms. The molecule has 3 heteroatoms. The van der Waals surface area contributed by atoms with Crippen molar-refractivity contribution >= 4 is 0 Å². The summed E-state index contributed by atoms with van der Waals surface area (Å²) < 4.78 is 0. The minimum Gasteiger partial charge on any atom is -0.395 e. The average Bonchev–Trinajstić information content (AvgIpc) is 2.17. The second kappa shape index (κ2) is 5.97. The van der Waals surface area contributed by atoms with Crippen molar-refractivity contribution in [2.24, 2.45) is 5.41 Å². The van der Waals surface area contributed by atoms with Crippen LogP contribution in [0.3, 0.4) is 0 Å². The molecular formula is C13H22N2O. The maximum absolute atomic E-state index is 9.05. The maximum atomic E-state index is 9.05. The quantitative estimate of drug-likeness (QED) is 0.827. The lowest BCUT2D eigenvalue weighted by molar-refractivity contribution is 0.145. The molecule has 90 valence electrons. The van der Waals surface area contributed by atoms with Gasteiger partial charge in [0.15, 0.2) is 0 Å². The molecule has 1 heterocycles. The van der Waals surface area contributed by atoms with Crippen LogP contribution in [-0.4, -0.2) is 34.7 Å². The normalized spacial score (nSPS) is 12.1. The van der Waals surface area contributed by atoms with Crippen molar-refractivity contribution in [1.29, 1.82) is 0 Å². The molecule has 0 unspecified atom stereocenters. The number of aliphatic hydroxyl groups is 1. The highest BCUT2D eigenvalue weighted by Gasteiger charge is 2.16. The molecule has 0 aliphatic rings. The highest BCUT2D eigenvalue weighted by molar-refractivity contribution is 5.03. The average molecular weight is 222 g/mol. The first-order valence-corrected chi connectivity index (χ1v) is 5.74. The first-order valence-electron chi connectivity index (χ1n) is 5.74. The van der Waals surface area contributed by atoms with Gasteiger partial charge in [-0.25, -0.2) is 0 Å². The molecule has 0 amide bonds. The molecule has 3 nitrogen and oxygen atoms in total. The Balaban J connectivity index is 2.58. The van der Waals surface area contributed by atoms with Crippen molar-refractivity contribution in [3.63, 3.8) is 0 Å². The van der Waals surface area contributed by atoms with Crippen LogP contribution in [0, 0.1) is 5.41 Å². The van der Waals surface area contributed by atoms with E-state index in [1.165, 1.54) is 0 Å². The maximum Gasteiger partial charge on any atom is 0.0558 e. The minimum absolute atomic E-state index is 0.197.